The normalized spacial score (nSPS) is 17.1. The zero-order valence-electron chi connectivity index (χ0n) is 11.8. The van der Waals surface area contributed by atoms with Crippen LogP contribution in [-0.2, 0) is 4.79 Å². The molecule has 102 valence electrons. The van der Waals surface area contributed by atoms with Crippen molar-refractivity contribution >= 4 is 5.91 Å². The molecule has 0 radical (unpaired) electrons. The summed E-state index contributed by atoms with van der Waals surface area (Å²) in [4.78, 5) is 13.8. The van der Waals surface area contributed by atoms with Gasteiger partial charge in [0.2, 0.25) is 5.91 Å². The smallest absolute Gasteiger partial charge is 0.246 e. The first-order valence-electron chi connectivity index (χ1n) is 6.73. The van der Waals surface area contributed by atoms with Gasteiger partial charge in [0.25, 0.3) is 0 Å². The Morgan fingerprint density at radius 2 is 2.05 bits per heavy atom. The summed E-state index contributed by atoms with van der Waals surface area (Å²) in [5, 5.41) is 9.84. The van der Waals surface area contributed by atoms with Crippen molar-refractivity contribution in [1.29, 1.82) is 0 Å². The topological polar surface area (TPSA) is 40.5 Å². The average Bonchev–Trinajstić information content (AvgIpc) is 3.21. The Balaban J connectivity index is 2.10. The van der Waals surface area contributed by atoms with E-state index in [0.717, 1.165) is 5.56 Å². The number of likely N-dealkylation sites (N-methyl/N-ethyl adjacent to an activating group) is 1. The number of phenols is 1. The van der Waals surface area contributed by atoms with Crippen LogP contribution >= 0.6 is 0 Å². The molecule has 0 aliphatic heterocycles. The van der Waals surface area contributed by atoms with Gasteiger partial charge in [0.1, 0.15) is 5.75 Å². The number of carbonyl (C=O) groups excluding carboxylic acids is 1. The summed E-state index contributed by atoms with van der Waals surface area (Å²) in [5.41, 5.74) is 1.94. The number of phenolic OH excluding ortho intramolecular Hbond substituents is 1. The van der Waals surface area contributed by atoms with Gasteiger partial charge in [-0.1, -0.05) is 23.8 Å². The van der Waals surface area contributed by atoms with Crippen molar-refractivity contribution < 1.29 is 9.90 Å². The van der Waals surface area contributed by atoms with Crippen molar-refractivity contribution in [3.8, 4) is 5.75 Å². The summed E-state index contributed by atoms with van der Waals surface area (Å²) in [6, 6.07) is 7.01. The first kappa shape index (κ1) is 13.7. The van der Waals surface area contributed by atoms with Crippen LogP contribution in [0.5, 0.6) is 5.75 Å². The molecule has 1 aliphatic rings. The van der Waals surface area contributed by atoms with Gasteiger partial charge in [0.05, 0.1) is 6.04 Å². The second-order valence-corrected chi connectivity index (χ2v) is 5.35. The molecule has 1 amide bonds. The molecule has 1 fully saturated rings. The van der Waals surface area contributed by atoms with Gasteiger partial charge in [-0.15, -0.1) is 0 Å². The minimum atomic E-state index is -0.142. The second-order valence-electron chi connectivity index (χ2n) is 5.35. The molecule has 0 spiro atoms. The van der Waals surface area contributed by atoms with Gasteiger partial charge < -0.3 is 10.0 Å². The van der Waals surface area contributed by atoms with Crippen molar-refractivity contribution in [3.63, 3.8) is 0 Å². The van der Waals surface area contributed by atoms with E-state index in [-0.39, 0.29) is 17.7 Å². The van der Waals surface area contributed by atoms with E-state index >= 15 is 0 Å². The number of hydrogen-bond donors (Lipinski definition) is 1. The van der Waals surface area contributed by atoms with Crippen LogP contribution in [0.2, 0.25) is 0 Å². The van der Waals surface area contributed by atoms with Gasteiger partial charge >= 0.3 is 0 Å². The quantitative estimate of drug-likeness (QED) is 0.843. The van der Waals surface area contributed by atoms with Crippen LogP contribution in [0, 0.1) is 5.92 Å². The van der Waals surface area contributed by atoms with Gasteiger partial charge in [0, 0.05) is 18.7 Å². The molecule has 1 aromatic carbocycles. The highest BCUT2D eigenvalue weighted by atomic mass is 16.3. The first-order chi connectivity index (χ1) is 9.00. The maximum atomic E-state index is 12.2. The lowest BCUT2D eigenvalue weighted by molar-refractivity contribution is -0.126. The summed E-state index contributed by atoms with van der Waals surface area (Å²) in [5.74, 6) is 0.843. The van der Waals surface area contributed by atoms with Gasteiger partial charge in [-0.05, 0) is 38.7 Å². The summed E-state index contributed by atoms with van der Waals surface area (Å²) in [6.45, 7) is 3.95. The third-order valence-electron chi connectivity index (χ3n) is 3.89. The highest BCUT2D eigenvalue weighted by molar-refractivity contribution is 5.88. The van der Waals surface area contributed by atoms with E-state index in [1.54, 1.807) is 30.2 Å². The summed E-state index contributed by atoms with van der Waals surface area (Å²) in [6.07, 6.45) is 4.14. The van der Waals surface area contributed by atoms with E-state index in [1.807, 2.05) is 26.0 Å². The minimum Gasteiger partial charge on any atom is -0.508 e. The third kappa shape index (κ3) is 3.16. The highest BCUT2D eigenvalue weighted by Crippen LogP contribution is 2.36. The molecule has 0 bridgehead atoms. The molecule has 3 heteroatoms. The molecule has 0 heterocycles. The Morgan fingerprint density at radius 3 is 2.63 bits per heavy atom. The number of allylic oxidation sites excluding steroid dienone is 1. The maximum Gasteiger partial charge on any atom is 0.246 e. The van der Waals surface area contributed by atoms with Gasteiger partial charge in [-0.3, -0.25) is 4.79 Å². The Hall–Kier alpha value is -1.77. The lowest BCUT2D eigenvalue weighted by Crippen LogP contribution is -2.28. The van der Waals surface area contributed by atoms with Crippen LogP contribution in [0.25, 0.3) is 0 Å². The fraction of sp³-hybridized carbons (Fsp3) is 0.438. The molecule has 3 nitrogen and oxygen atoms in total. The van der Waals surface area contributed by atoms with E-state index < -0.39 is 0 Å². The van der Waals surface area contributed by atoms with Gasteiger partial charge in [-0.25, -0.2) is 0 Å². The van der Waals surface area contributed by atoms with Crippen molar-refractivity contribution in [3.05, 3.63) is 41.5 Å². The third-order valence-corrected chi connectivity index (χ3v) is 3.89. The van der Waals surface area contributed by atoms with Crippen LogP contribution in [0.3, 0.4) is 0 Å². The van der Waals surface area contributed by atoms with Crippen LogP contribution in [0.4, 0.5) is 0 Å². The molecule has 0 unspecified atom stereocenters. The molecule has 1 N–H and O–H groups in total. The lowest BCUT2D eigenvalue weighted by Gasteiger charge is -2.25. The number of amides is 1. The summed E-state index contributed by atoms with van der Waals surface area (Å²) >= 11 is 0. The Labute approximate surface area is 114 Å². The molecule has 2 rings (SSSR count). The van der Waals surface area contributed by atoms with Crippen LogP contribution < -0.4 is 0 Å². The first-order valence-corrected chi connectivity index (χ1v) is 6.73. The Kier molecular flexibility index (Phi) is 3.93. The van der Waals surface area contributed by atoms with Crippen LogP contribution in [-0.4, -0.2) is 23.0 Å². The van der Waals surface area contributed by atoms with E-state index in [1.165, 1.54) is 18.4 Å². The average molecular weight is 259 g/mol. The Bertz CT molecular complexity index is 503. The number of rotatable bonds is 4. The Morgan fingerprint density at radius 1 is 1.42 bits per heavy atom. The fourth-order valence-electron chi connectivity index (χ4n) is 2.19. The minimum absolute atomic E-state index is 0.000142. The second kappa shape index (κ2) is 5.47. The number of carbonyl (C=O) groups is 1. The standard InChI is InChI=1S/C16H21NO2/c1-11(13-8-9-13)10-16(19)17(3)12(2)14-6-4-5-7-15(14)18/h4-7,10,12-13,18H,8-9H2,1-3H3/b11-10-/t12-/m0/s1. The van der Waals surface area contributed by atoms with Crippen molar-refractivity contribution in [2.45, 2.75) is 32.7 Å². The van der Waals surface area contributed by atoms with E-state index in [0.29, 0.717) is 5.92 Å². The molecule has 19 heavy (non-hydrogen) atoms. The van der Waals surface area contributed by atoms with Crippen molar-refractivity contribution in [2.24, 2.45) is 5.92 Å². The molecule has 0 aromatic heterocycles. The molecule has 0 saturated heterocycles. The zero-order valence-corrected chi connectivity index (χ0v) is 11.8. The van der Waals surface area contributed by atoms with Gasteiger partial charge in [-0.2, -0.15) is 0 Å². The monoisotopic (exact) mass is 259 g/mol. The molecule has 1 aromatic rings. The van der Waals surface area contributed by atoms with E-state index in [2.05, 4.69) is 0 Å². The number of benzene rings is 1. The molecular weight excluding hydrogens is 238 g/mol. The van der Waals surface area contributed by atoms with Gasteiger partial charge in [0.15, 0.2) is 0 Å². The van der Waals surface area contributed by atoms with Crippen LogP contribution in [0.1, 0.15) is 38.3 Å². The summed E-state index contributed by atoms with van der Waals surface area (Å²) < 4.78 is 0. The number of hydrogen-bond acceptors (Lipinski definition) is 2. The molecule has 1 atom stereocenters. The zero-order chi connectivity index (χ0) is 14.0. The number of aromatic hydroxyl groups is 1. The van der Waals surface area contributed by atoms with Crippen molar-refractivity contribution in [2.75, 3.05) is 7.05 Å². The highest BCUT2D eigenvalue weighted by Gasteiger charge is 2.25. The summed E-state index contributed by atoms with van der Waals surface area (Å²) in [7, 11) is 1.77. The fourth-order valence-corrected chi connectivity index (χ4v) is 2.19. The maximum absolute atomic E-state index is 12.2. The number of para-hydroxylation sites is 1. The molecule has 1 saturated carbocycles. The van der Waals surface area contributed by atoms with E-state index in [9.17, 15) is 9.90 Å². The van der Waals surface area contributed by atoms with Crippen LogP contribution in [0.15, 0.2) is 35.9 Å². The predicted molar refractivity (Wildman–Crippen MR) is 75.8 cm³/mol. The largest absolute Gasteiger partial charge is 0.508 e. The molecule has 1 aliphatic carbocycles. The SMILES string of the molecule is C/C(=C/C(=O)N(C)[C@@H](C)c1ccccc1O)C1CC1. The van der Waals surface area contributed by atoms with Crippen molar-refractivity contribution in [1.82, 2.24) is 4.90 Å². The predicted octanol–water partition coefficient (Wildman–Crippen LogP) is 3.27. The molecular formula is C16H21NO2. The van der Waals surface area contributed by atoms with E-state index in [4.69, 9.17) is 0 Å². The number of nitrogens with zero attached hydrogens (tertiary/aromatic N) is 1. The lowest BCUT2D eigenvalue weighted by atomic mass is 10.1.